The van der Waals surface area contributed by atoms with Gasteiger partial charge in [0.05, 0.1) is 5.56 Å². The molecule has 2 aromatic rings. The van der Waals surface area contributed by atoms with E-state index in [2.05, 4.69) is 5.32 Å². The van der Waals surface area contributed by atoms with Gasteiger partial charge in [-0.05, 0) is 54.3 Å². The summed E-state index contributed by atoms with van der Waals surface area (Å²) in [5, 5.41) is 2.52. The molecule has 0 bridgehead atoms. The summed E-state index contributed by atoms with van der Waals surface area (Å²) in [6.07, 6.45) is -4.44. The standard InChI is InChI=1S/C18H18F3NO.C2H6/c1-11(2)16-9-13(8-7-12(16)3)17(23)22-15-6-4-5-14(10-15)18(19,20)21;1-2/h4-11H,1-3H3,(H,22,23);1-2H3. The summed E-state index contributed by atoms with van der Waals surface area (Å²) in [5.74, 6) is -0.164. The molecule has 0 unspecified atom stereocenters. The lowest BCUT2D eigenvalue weighted by Gasteiger charge is -2.13. The lowest BCUT2D eigenvalue weighted by molar-refractivity contribution is -0.137. The SMILES string of the molecule is CC.Cc1ccc(C(=O)Nc2cccc(C(F)(F)F)c2)cc1C(C)C. The van der Waals surface area contributed by atoms with Gasteiger partial charge >= 0.3 is 6.18 Å². The lowest BCUT2D eigenvalue weighted by atomic mass is 9.95. The van der Waals surface area contributed by atoms with E-state index in [0.717, 1.165) is 23.3 Å². The molecule has 0 atom stereocenters. The Balaban J connectivity index is 0.00000151. The molecule has 0 aliphatic carbocycles. The fourth-order valence-electron chi connectivity index (χ4n) is 2.38. The van der Waals surface area contributed by atoms with Crippen molar-refractivity contribution in [2.45, 2.75) is 46.7 Å². The van der Waals surface area contributed by atoms with E-state index in [1.54, 1.807) is 12.1 Å². The van der Waals surface area contributed by atoms with Gasteiger partial charge in [-0.15, -0.1) is 0 Å². The number of aryl methyl sites for hydroxylation is 1. The van der Waals surface area contributed by atoms with Gasteiger partial charge in [-0.1, -0.05) is 39.8 Å². The van der Waals surface area contributed by atoms with Crippen LogP contribution in [0.3, 0.4) is 0 Å². The Bertz CT molecular complexity index is 721. The second kappa shape index (κ2) is 8.70. The predicted molar refractivity (Wildman–Crippen MR) is 96.0 cm³/mol. The maximum atomic E-state index is 12.7. The van der Waals surface area contributed by atoms with E-state index < -0.39 is 17.6 Å². The summed E-state index contributed by atoms with van der Waals surface area (Å²) in [4.78, 5) is 12.3. The van der Waals surface area contributed by atoms with Crippen LogP contribution in [0.1, 0.15) is 60.7 Å². The summed E-state index contributed by atoms with van der Waals surface area (Å²) in [5.41, 5.74) is 1.88. The first-order chi connectivity index (χ1) is 11.7. The van der Waals surface area contributed by atoms with Crippen molar-refractivity contribution >= 4 is 11.6 Å². The lowest BCUT2D eigenvalue weighted by Crippen LogP contribution is -2.14. The number of carbonyl (C=O) groups excluding carboxylic acids is 1. The molecule has 1 N–H and O–H groups in total. The van der Waals surface area contributed by atoms with Crippen molar-refractivity contribution in [1.29, 1.82) is 0 Å². The van der Waals surface area contributed by atoms with Crippen molar-refractivity contribution in [3.05, 3.63) is 64.7 Å². The third-order valence-electron chi connectivity index (χ3n) is 3.61. The van der Waals surface area contributed by atoms with E-state index >= 15 is 0 Å². The van der Waals surface area contributed by atoms with Gasteiger partial charge in [-0.2, -0.15) is 13.2 Å². The average molecular weight is 351 g/mol. The molecule has 136 valence electrons. The molecule has 2 nitrogen and oxygen atoms in total. The second-order valence-electron chi connectivity index (χ2n) is 5.76. The fraction of sp³-hybridized carbons (Fsp3) is 0.350. The summed E-state index contributed by atoms with van der Waals surface area (Å²) >= 11 is 0. The summed E-state index contributed by atoms with van der Waals surface area (Å²) in [6.45, 7) is 10.0. The second-order valence-corrected chi connectivity index (χ2v) is 5.76. The van der Waals surface area contributed by atoms with Crippen molar-refractivity contribution in [2.75, 3.05) is 5.32 Å². The van der Waals surface area contributed by atoms with Gasteiger partial charge in [0.1, 0.15) is 0 Å². The van der Waals surface area contributed by atoms with Crippen LogP contribution in [0.2, 0.25) is 0 Å². The molecule has 0 aliphatic heterocycles. The summed E-state index contributed by atoms with van der Waals surface area (Å²) in [6, 6.07) is 9.90. The molecule has 0 aliphatic rings. The minimum Gasteiger partial charge on any atom is -0.322 e. The molecule has 0 spiro atoms. The third kappa shape index (κ3) is 5.62. The molecule has 1 amide bonds. The Kier molecular flexibility index (Phi) is 7.22. The highest BCUT2D eigenvalue weighted by atomic mass is 19.4. The predicted octanol–water partition coefficient (Wildman–Crippen LogP) is 6.42. The summed E-state index contributed by atoms with van der Waals surface area (Å²) < 4.78 is 38.1. The van der Waals surface area contributed by atoms with Crippen molar-refractivity contribution in [3.63, 3.8) is 0 Å². The zero-order valence-electron chi connectivity index (χ0n) is 15.2. The van der Waals surface area contributed by atoms with Gasteiger partial charge in [0.25, 0.3) is 5.91 Å². The normalized spacial score (nSPS) is 10.9. The van der Waals surface area contributed by atoms with Gasteiger partial charge in [0.15, 0.2) is 0 Å². The largest absolute Gasteiger partial charge is 0.416 e. The number of alkyl halides is 3. The van der Waals surface area contributed by atoms with Gasteiger partial charge in [0.2, 0.25) is 0 Å². The van der Waals surface area contributed by atoms with Crippen molar-refractivity contribution in [3.8, 4) is 0 Å². The number of hydrogen-bond donors (Lipinski definition) is 1. The van der Waals surface area contributed by atoms with Crippen LogP contribution in [0, 0.1) is 6.92 Å². The Morgan fingerprint density at radius 3 is 2.24 bits per heavy atom. The van der Waals surface area contributed by atoms with E-state index in [1.165, 1.54) is 12.1 Å². The first kappa shape index (κ1) is 20.7. The Labute approximate surface area is 147 Å². The molecule has 5 heteroatoms. The molecule has 0 saturated heterocycles. The maximum absolute atomic E-state index is 12.7. The van der Waals surface area contributed by atoms with Crippen molar-refractivity contribution < 1.29 is 18.0 Å². The topological polar surface area (TPSA) is 29.1 Å². The molecule has 0 aromatic heterocycles. The van der Waals surface area contributed by atoms with Crippen molar-refractivity contribution in [1.82, 2.24) is 0 Å². The van der Waals surface area contributed by atoms with Gasteiger partial charge in [-0.25, -0.2) is 0 Å². The number of rotatable bonds is 3. The van der Waals surface area contributed by atoms with Crippen LogP contribution in [0.25, 0.3) is 0 Å². The Morgan fingerprint density at radius 1 is 1.04 bits per heavy atom. The zero-order valence-corrected chi connectivity index (χ0v) is 15.2. The molecule has 2 rings (SSSR count). The highest BCUT2D eigenvalue weighted by Crippen LogP contribution is 2.30. The third-order valence-corrected chi connectivity index (χ3v) is 3.61. The number of benzene rings is 2. The maximum Gasteiger partial charge on any atom is 0.416 e. The molecular weight excluding hydrogens is 327 g/mol. The minimum absolute atomic E-state index is 0.122. The van der Waals surface area contributed by atoms with Crippen molar-refractivity contribution in [2.24, 2.45) is 0 Å². The molecule has 0 radical (unpaired) electrons. The molecular formula is C20H24F3NO. The van der Waals surface area contributed by atoms with Gasteiger partial charge in [-0.3, -0.25) is 4.79 Å². The molecule has 0 saturated carbocycles. The smallest absolute Gasteiger partial charge is 0.322 e. The monoisotopic (exact) mass is 351 g/mol. The average Bonchev–Trinajstić information content (AvgIpc) is 2.56. The van der Waals surface area contributed by atoms with E-state index in [0.29, 0.717) is 5.56 Å². The van der Waals surface area contributed by atoms with Crippen LogP contribution in [-0.4, -0.2) is 5.91 Å². The van der Waals surface area contributed by atoms with E-state index in [1.807, 2.05) is 40.7 Å². The van der Waals surface area contributed by atoms with Crippen LogP contribution in [-0.2, 0) is 6.18 Å². The molecule has 0 fully saturated rings. The van der Waals surface area contributed by atoms with Crippen LogP contribution in [0.15, 0.2) is 42.5 Å². The molecule has 25 heavy (non-hydrogen) atoms. The molecule has 2 aromatic carbocycles. The summed E-state index contributed by atoms with van der Waals surface area (Å²) in [7, 11) is 0. The highest BCUT2D eigenvalue weighted by Gasteiger charge is 2.30. The van der Waals surface area contributed by atoms with E-state index in [4.69, 9.17) is 0 Å². The first-order valence-corrected chi connectivity index (χ1v) is 8.27. The fourth-order valence-corrected chi connectivity index (χ4v) is 2.38. The van der Waals surface area contributed by atoms with Gasteiger partial charge < -0.3 is 5.32 Å². The van der Waals surface area contributed by atoms with E-state index in [-0.39, 0.29) is 11.6 Å². The number of hydrogen-bond acceptors (Lipinski definition) is 1. The van der Waals surface area contributed by atoms with Crippen LogP contribution in [0.5, 0.6) is 0 Å². The Morgan fingerprint density at radius 2 is 1.68 bits per heavy atom. The number of anilines is 1. The number of nitrogens with one attached hydrogen (secondary N) is 1. The van der Waals surface area contributed by atoms with Crippen LogP contribution >= 0.6 is 0 Å². The van der Waals surface area contributed by atoms with E-state index in [9.17, 15) is 18.0 Å². The molecule has 0 heterocycles. The number of amides is 1. The number of halogens is 3. The highest BCUT2D eigenvalue weighted by molar-refractivity contribution is 6.04. The van der Waals surface area contributed by atoms with Crippen LogP contribution < -0.4 is 5.32 Å². The van der Waals surface area contributed by atoms with Gasteiger partial charge in [0, 0.05) is 11.3 Å². The number of carbonyl (C=O) groups is 1. The quantitative estimate of drug-likeness (QED) is 0.679. The minimum atomic E-state index is -4.44. The van der Waals surface area contributed by atoms with Crippen LogP contribution in [0.4, 0.5) is 18.9 Å². The first-order valence-electron chi connectivity index (χ1n) is 8.27. The zero-order chi connectivity index (χ0) is 19.2. The Hall–Kier alpha value is -2.30.